The lowest BCUT2D eigenvalue weighted by atomic mass is 9.91. The largest absolute Gasteiger partial charge is 0.392 e. The summed E-state index contributed by atoms with van der Waals surface area (Å²) < 4.78 is 0. The molecule has 5 rings (SSSR count). The number of amides is 2. The Hall–Kier alpha value is -4.01. The summed E-state index contributed by atoms with van der Waals surface area (Å²) >= 11 is 0. The van der Waals surface area contributed by atoms with E-state index in [0.29, 0.717) is 38.8 Å². The highest BCUT2D eigenvalue weighted by atomic mass is 16.3. The van der Waals surface area contributed by atoms with Crippen molar-refractivity contribution in [3.8, 4) is 0 Å². The zero-order chi connectivity index (χ0) is 30.9. The van der Waals surface area contributed by atoms with Gasteiger partial charge in [-0.2, -0.15) is 0 Å². The minimum Gasteiger partial charge on any atom is -0.392 e. The molecule has 1 aliphatic heterocycles. The molecule has 4 atom stereocenters. The van der Waals surface area contributed by atoms with Crippen LogP contribution in [0, 0.1) is 0 Å². The van der Waals surface area contributed by atoms with Gasteiger partial charge in [0.15, 0.2) is 0 Å². The number of benzene rings is 4. The molecule has 1 fully saturated rings. The maximum atomic E-state index is 14.7. The molecule has 0 aromatic heterocycles. The zero-order valence-electron chi connectivity index (χ0n) is 25.0. The molecular formula is C37H42N2O5. The molecule has 0 aliphatic carbocycles. The predicted octanol–water partition coefficient (Wildman–Crippen LogP) is 4.14. The summed E-state index contributed by atoms with van der Waals surface area (Å²) in [6.45, 7) is 0.544. The first kappa shape index (κ1) is 31.4. The Labute approximate surface area is 259 Å². The van der Waals surface area contributed by atoms with Gasteiger partial charge in [-0.3, -0.25) is 0 Å². The van der Waals surface area contributed by atoms with Gasteiger partial charge >= 0.3 is 6.03 Å². The van der Waals surface area contributed by atoms with Gasteiger partial charge in [0.1, 0.15) is 12.2 Å². The van der Waals surface area contributed by atoms with Crippen LogP contribution in [0.25, 0.3) is 0 Å². The Balaban J connectivity index is 1.51. The highest BCUT2D eigenvalue weighted by molar-refractivity contribution is 5.76. The smallest absolute Gasteiger partial charge is 0.320 e. The number of urea groups is 1. The third-order valence-electron chi connectivity index (χ3n) is 8.64. The van der Waals surface area contributed by atoms with E-state index in [1.54, 1.807) is 9.80 Å². The van der Waals surface area contributed by atoms with E-state index < -0.39 is 24.3 Å². The number of rotatable bonds is 12. The van der Waals surface area contributed by atoms with Crippen molar-refractivity contribution >= 4 is 6.03 Å². The molecule has 0 radical (unpaired) electrons. The van der Waals surface area contributed by atoms with Crippen molar-refractivity contribution in [1.82, 2.24) is 9.80 Å². The van der Waals surface area contributed by atoms with Crippen molar-refractivity contribution in [2.45, 2.75) is 63.2 Å². The van der Waals surface area contributed by atoms with Gasteiger partial charge in [-0.05, 0) is 59.1 Å². The van der Waals surface area contributed by atoms with E-state index >= 15 is 0 Å². The summed E-state index contributed by atoms with van der Waals surface area (Å²) in [6, 6.07) is 33.3. The van der Waals surface area contributed by atoms with Gasteiger partial charge in [-0.1, -0.05) is 109 Å². The molecule has 7 nitrogen and oxygen atoms in total. The summed E-state index contributed by atoms with van der Waals surface area (Å²) in [5.41, 5.74) is 5.51. The van der Waals surface area contributed by atoms with E-state index in [2.05, 4.69) is 0 Å². The minimum absolute atomic E-state index is 0.0650. The van der Waals surface area contributed by atoms with E-state index in [4.69, 9.17) is 0 Å². The first-order valence-electron chi connectivity index (χ1n) is 15.4. The predicted molar refractivity (Wildman–Crippen MR) is 171 cm³/mol. The highest BCUT2D eigenvalue weighted by Crippen LogP contribution is 2.28. The Bertz CT molecular complexity index is 1370. The quantitative estimate of drug-likeness (QED) is 0.197. The number of aliphatic hydroxyl groups excluding tert-OH is 4. The van der Waals surface area contributed by atoms with Crippen LogP contribution in [0.5, 0.6) is 0 Å². The van der Waals surface area contributed by atoms with Crippen LogP contribution in [0.1, 0.15) is 33.4 Å². The molecule has 0 bridgehead atoms. The summed E-state index contributed by atoms with van der Waals surface area (Å²) in [7, 11) is 0. The fourth-order valence-electron chi connectivity index (χ4n) is 6.23. The topological polar surface area (TPSA) is 104 Å². The Morgan fingerprint density at radius 1 is 0.500 bits per heavy atom. The second kappa shape index (κ2) is 15.1. The third kappa shape index (κ3) is 7.73. The average molecular weight is 595 g/mol. The number of hydrogen-bond donors (Lipinski definition) is 4. The lowest BCUT2D eigenvalue weighted by molar-refractivity contribution is -0.0393. The molecular weight excluding hydrogens is 552 g/mol. The van der Waals surface area contributed by atoms with E-state index in [9.17, 15) is 25.2 Å². The fraction of sp³-hybridized carbons (Fsp3) is 0.324. The standard InChI is InChI=1S/C37H42N2O5/c40-25-31-15-7-13-29(21-31)17-19-38-33(23-27-9-3-1-4-10-27)35(42)36(43)34(24-28-11-5-2-6-12-28)39(37(38)44)20-18-30-14-8-16-32(22-30)26-41/h1-16,21-22,33-36,40-43H,17-20,23-26H2/t33-,34-,35+,36+/m1/s1. The first-order chi connectivity index (χ1) is 21.5. The number of carbonyl (C=O) groups excluding carboxylic acids is 1. The molecule has 2 amide bonds. The maximum Gasteiger partial charge on any atom is 0.320 e. The van der Waals surface area contributed by atoms with Gasteiger partial charge in [0.2, 0.25) is 0 Å². The van der Waals surface area contributed by atoms with Gasteiger partial charge in [0.25, 0.3) is 0 Å². The molecule has 1 aliphatic rings. The minimum atomic E-state index is -1.18. The van der Waals surface area contributed by atoms with Crippen molar-refractivity contribution in [2.75, 3.05) is 13.1 Å². The molecule has 230 valence electrons. The SMILES string of the molecule is O=C1N(CCc2cccc(CO)c2)[C@H](Cc2ccccc2)[C@H](O)[C@@H](O)[C@@H](Cc2ccccc2)N1CCc1cccc(CO)c1. The van der Waals surface area contributed by atoms with Crippen LogP contribution in [0.2, 0.25) is 0 Å². The lowest BCUT2D eigenvalue weighted by Crippen LogP contribution is -2.52. The molecule has 0 saturated carbocycles. The number of carbonyl (C=O) groups is 1. The van der Waals surface area contributed by atoms with Crippen LogP contribution in [0.15, 0.2) is 109 Å². The zero-order valence-corrected chi connectivity index (χ0v) is 25.0. The van der Waals surface area contributed by atoms with E-state index in [1.165, 1.54) is 0 Å². The van der Waals surface area contributed by atoms with Gasteiger partial charge in [0, 0.05) is 13.1 Å². The molecule has 1 heterocycles. The molecule has 4 aromatic rings. The van der Waals surface area contributed by atoms with Crippen molar-refractivity contribution in [3.63, 3.8) is 0 Å². The van der Waals surface area contributed by atoms with Gasteiger partial charge in [-0.25, -0.2) is 4.79 Å². The van der Waals surface area contributed by atoms with Crippen molar-refractivity contribution in [3.05, 3.63) is 143 Å². The van der Waals surface area contributed by atoms with Crippen LogP contribution in [-0.2, 0) is 38.9 Å². The molecule has 44 heavy (non-hydrogen) atoms. The highest BCUT2D eigenvalue weighted by Gasteiger charge is 2.46. The molecule has 1 saturated heterocycles. The van der Waals surface area contributed by atoms with Crippen LogP contribution in [0.3, 0.4) is 0 Å². The second-order valence-electron chi connectivity index (χ2n) is 11.6. The number of hydrogen-bond acceptors (Lipinski definition) is 5. The van der Waals surface area contributed by atoms with Gasteiger partial charge in [-0.15, -0.1) is 0 Å². The Morgan fingerprint density at radius 2 is 0.864 bits per heavy atom. The molecule has 4 aromatic carbocycles. The van der Waals surface area contributed by atoms with Crippen molar-refractivity contribution in [2.24, 2.45) is 0 Å². The molecule has 7 heteroatoms. The Morgan fingerprint density at radius 3 is 1.25 bits per heavy atom. The summed E-state index contributed by atoms with van der Waals surface area (Å²) in [5.74, 6) is 0. The average Bonchev–Trinajstić information content (AvgIpc) is 3.13. The van der Waals surface area contributed by atoms with E-state index in [-0.39, 0.29) is 19.2 Å². The van der Waals surface area contributed by atoms with Crippen LogP contribution in [0.4, 0.5) is 4.79 Å². The Kier molecular flexibility index (Phi) is 10.8. The summed E-state index contributed by atoms with van der Waals surface area (Å²) in [5, 5.41) is 43.0. The van der Waals surface area contributed by atoms with Crippen LogP contribution in [-0.4, -0.2) is 73.6 Å². The fourth-order valence-corrected chi connectivity index (χ4v) is 6.23. The summed E-state index contributed by atoms with van der Waals surface area (Å²) in [4.78, 5) is 18.2. The number of nitrogens with zero attached hydrogens (tertiary/aromatic N) is 2. The van der Waals surface area contributed by atoms with E-state index in [1.807, 2.05) is 109 Å². The van der Waals surface area contributed by atoms with Crippen LogP contribution < -0.4 is 0 Å². The molecule has 4 N–H and O–H groups in total. The van der Waals surface area contributed by atoms with Crippen LogP contribution >= 0.6 is 0 Å². The first-order valence-corrected chi connectivity index (χ1v) is 15.4. The lowest BCUT2D eigenvalue weighted by Gasteiger charge is -2.36. The monoisotopic (exact) mass is 594 g/mol. The summed E-state index contributed by atoms with van der Waals surface area (Å²) in [6.07, 6.45) is -0.510. The number of aliphatic hydroxyl groups is 4. The van der Waals surface area contributed by atoms with Crippen molar-refractivity contribution < 1.29 is 25.2 Å². The third-order valence-corrected chi connectivity index (χ3v) is 8.64. The molecule has 0 unspecified atom stereocenters. The van der Waals surface area contributed by atoms with Crippen molar-refractivity contribution in [1.29, 1.82) is 0 Å². The van der Waals surface area contributed by atoms with Gasteiger partial charge < -0.3 is 30.2 Å². The molecule has 0 spiro atoms. The van der Waals surface area contributed by atoms with Gasteiger partial charge in [0.05, 0.1) is 25.3 Å². The second-order valence-corrected chi connectivity index (χ2v) is 11.6. The maximum absolute atomic E-state index is 14.7. The van der Waals surface area contributed by atoms with E-state index in [0.717, 1.165) is 33.4 Å². The normalized spacial score (nSPS) is 20.5.